The highest BCUT2D eigenvalue weighted by molar-refractivity contribution is 5.26. The molecule has 0 bridgehead atoms. The van der Waals surface area contributed by atoms with Gasteiger partial charge in [-0.05, 0) is 30.9 Å². The number of benzene rings is 1. The Morgan fingerprint density at radius 1 is 1.17 bits per heavy atom. The van der Waals surface area contributed by atoms with Crippen LogP contribution in [0.2, 0.25) is 0 Å². The number of piperazine rings is 1. The Kier molecular flexibility index (Phi) is 7.69. The van der Waals surface area contributed by atoms with Gasteiger partial charge in [0.2, 0.25) is 0 Å². The van der Waals surface area contributed by atoms with E-state index >= 15 is 0 Å². The number of ether oxygens (including phenoxy) is 1. The first kappa shape index (κ1) is 19.4. The largest absolute Gasteiger partial charge is 0.387 e. The van der Waals surface area contributed by atoms with Gasteiger partial charge in [0.1, 0.15) is 0 Å². The summed E-state index contributed by atoms with van der Waals surface area (Å²) in [6.07, 6.45) is -0.409. The summed E-state index contributed by atoms with van der Waals surface area (Å²) >= 11 is 0. The van der Waals surface area contributed by atoms with Crippen LogP contribution in [0, 0.1) is 0 Å². The topological polar surface area (TPSA) is 35.9 Å². The maximum Gasteiger partial charge on any atom is 0.0916 e. The number of aliphatic hydroxyl groups is 1. The van der Waals surface area contributed by atoms with E-state index in [-0.39, 0.29) is 0 Å². The van der Waals surface area contributed by atoms with E-state index in [9.17, 15) is 5.11 Å². The smallest absolute Gasteiger partial charge is 0.0916 e. The molecule has 0 saturated carbocycles. The number of nitrogens with zero attached hydrogens (tertiary/aromatic N) is 2. The van der Waals surface area contributed by atoms with E-state index in [0.29, 0.717) is 18.5 Å². The molecule has 1 heterocycles. The third-order valence-electron chi connectivity index (χ3n) is 5.00. The molecule has 1 N–H and O–H groups in total. The minimum absolute atomic E-state index is 0.409. The van der Waals surface area contributed by atoms with Crippen LogP contribution in [0.4, 0.5) is 0 Å². The minimum Gasteiger partial charge on any atom is -0.387 e. The molecule has 0 spiro atoms. The Labute approximate surface area is 147 Å². The van der Waals surface area contributed by atoms with Crippen LogP contribution in [0.3, 0.4) is 0 Å². The molecule has 1 aliphatic heterocycles. The van der Waals surface area contributed by atoms with Crippen molar-refractivity contribution in [3.05, 3.63) is 35.4 Å². The van der Waals surface area contributed by atoms with Gasteiger partial charge < -0.3 is 9.84 Å². The molecule has 136 valence electrons. The Morgan fingerprint density at radius 3 is 2.42 bits per heavy atom. The average Bonchev–Trinajstić information content (AvgIpc) is 2.57. The molecule has 0 amide bonds. The fourth-order valence-electron chi connectivity index (χ4n) is 3.35. The molecule has 0 aromatic heterocycles. The summed E-state index contributed by atoms with van der Waals surface area (Å²) in [5.41, 5.74) is 2.34. The van der Waals surface area contributed by atoms with Gasteiger partial charge in [-0.15, -0.1) is 0 Å². The predicted octanol–water partition coefficient (Wildman–Crippen LogP) is 2.89. The van der Waals surface area contributed by atoms with Crippen molar-refractivity contribution in [2.75, 3.05) is 45.9 Å². The average molecular weight is 335 g/mol. The molecule has 0 unspecified atom stereocenters. The van der Waals surface area contributed by atoms with Crippen molar-refractivity contribution in [3.63, 3.8) is 0 Å². The molecule has 4 heteroatoms. The molecular formula is C20H34N2O2. The van der Waals surface area contributed by atoms with Crippen LogP contribution in [0.15, 0.2) is 24.3 Å². The van der Waals surface area contributed by atoms with Crippen molar-refractivity contribution in [2.24, 2.45) is 0 Å². The normalized spacial score (nSPS) is 21.3. The van der Waals surface area contributed by atoms with Gasteiger partial charge >= 0.3 is 0 Å². The number of rotatable bonds is 8. The van der Waals surface area contributed by atoms with E-state index in [1.165, 1.54) is 5.56 Å². The van der Waals surface area contributed by atoms with E-state index in [4.69, 9.17) is 4.74 Å². The van der Waals surface area contributed by atoms with E-state index in [1.807, 2.05) is 6.92 Å². The fraction of sp³-hybridized carbons (Fsp3) is 0.700. The zero-order chi connectivity index (χ0) is 17.5. The van der Waals surface area contributed by atoms with Crippen molar-refractivity contribution in [2.45, 2.75) is 45.8 Å². The molecule has 1 aromatic carbocycles. The highest BCUT2D eigenvalue weighted by Gasteiger charge is 2.25. The molecule has 2 atom stereocenters. The van der Waals surface area contributed by atoms with Gasteiger partial charge in [0.15, 0.2) is 0 Å². The molecule has 1 saturated heterocycles. The maximum atomic E-state index is 10.6. The third kappa shape index (κ3) is 5.55. The van der Waals surface area contributed by atoms with E-state index in [2.05, 4.69) is 54.8 Å². The van der Waals surface area contributed by atoms with Crippen molar-refractivity contribution in [1.29, 1.82) is 0 Å². The molecule has 24 heavy (non-hydrogen) atoms. The maximum absolute atomic E-state index is 10.6. The fourth-order valence-corrected chi connectivity index (χ4v) is 3.35. The van der Waals surface area contributed by atoms with E-state index < -0.39 is 6.10 Å². The van der Waals surface area contributed by atoms with Crippen LogP contribution in [0.25, 0.3) is 0 Å². The Hall–Kier alpha value is -0.940. The quantitative estimate of drug-likeness (QED) is 0.742. The number of aliphatic hydroxyl groups excluding tert-OH is 1. The lowest BCUT2D eigenvalue weighted by molar-refractivity contribution is 0.0280. The van der Waals surface area contributed by atoms with Crippen LogP contribution in [-0.2, 0) is 4.74 Å². The highest BCUT2D eigenvalue weighted by atomic mass is 16.5. The summed E-state index contributed by atoms with van der Waals surface area (Å²) in [7, 11) is 0. The SMILES string of the molecule is CCOCCN1CCN(C[C@@H](O)c2ccc(C(C)C)cc2)C[C@H]1C. The summed E-state index contributed by atoms with van der Waals surface area (Å²) in [5, 5.41) is 10.6. The standard InChI is InChI=1S/C20H34N2O2/c1-5-24-13-12-22-11-10-21(14-17(22)4)15-20(23)19-8-6-18(7-9-19)16(2)3/h6-9,16-17,20,23H,5,10-15H2,1-4H3/t17-,20-/m1/s1. The molecule has 1 aromatic rings. The van der Waals surface area contributed by atoms with Gasteiger partial charge in [-0.1, -0.05) is 38.1 Å². The summed E-state index contributed by atoms with van der Waals surface area (Å²) in [6.45, 7) is 15.1. The minimum atomic E-state index is -0.409. The first-order valence-electron chi connectivity index (χ1n) is 9.33. The first-order valence-corrected chi connectivity index (χ1v) is 9.33. The van der Waals surface area contributed by atoms with Crippen LogP contribution >= 0.6 is 0 Å². The van der Waals surface area contributed by atoms with Crippen LogP contribution in [-0.4, -0.2) is 66.9 Å². The summed E-state index contributed by atoms with van der Waals surface area (Å²) in [5.74, 6) is 0.529. The van der Waals surface area contributed by atoms with Crippen LogP contribution in [0.1, 0.15) is 50.8 Å². The third-order valence-corrected chi connectivity index (χ3v) is 5.00. The lowest BCUT2D eigenvalue weighted by Crippen LogP contribution is -2.53. The lowest BCUT2D eigenvalue weighted by Gasteiger charge is -2.40. The van der Waals surface area contributed by atoms with Gasteiger partial charge in [0.25, 0.3) is 0 Å². The van der Waals surface area contributed by atoms with Gasteiger partial charge in [0, 0.05) is 45.4 Å². The van der Waals surface area contributed by atoms with Crippen molar-refractivity contribution >= 4 is 0 Å². The number of β-amino-alcohol motifs (C(OH)–C–C–N with tert-alkyl or cyclic N) is 1. The predicted molar refractivity (Wildman–Crippen MR) is 99.5 cm³/mol. The molecule has 1 aliphatic rings. The molecular weight excluding hydrogens is 300 g/mol. The van der Waals surface area contributed by atoms with Crippen molar-refractivity contribution in [1.82, 2.24) is 9.80 Å². The lowest BCUT2D eigenvalue weighted by atomic mass is 9.99. The second-order valence-corrected chi connectivity index (χ2v) is 7.18. The zero-order valence-corrected chi connectivity index (χ0v) is 15.7. The van der Waals surface area contributed by atoms with Crippen LogP contribution in [0.5, 0.6) is 0 Å². The monoisotopic (exact) mass is 334 g/mol. The van der Waals surface area contributed by atoms with Crippen LogP contribution < -0.4 is 0 Å². The van der Waals surface area contributed by atoms with Gasteiger partial charge in [-0.2, -0.15) is 0 Å². The van der Waals surface area contributed by atoms with Gasteiger partial charge in [-0.25, -0.2) is 0 Å². The van der Waals surface area contributed by atoms with Crippen molar-refractivity contribution in [3.8, 4) is 0 Å². The van der Waals surface area contributed by atoms with Gasteiger partial charge in [0.05, 0.1) is 12.7 Å². The molecule has 4 nitrogen and oxygen atoms in total. The number of hydrogen-bond donors (Lipinski definition) is 1. The molecule has 0 radical (unpaired) electrons. The summed E-state index contributed by atoms with van der Waals surface area (Å²) in [4.78, 5) is 4.86. The summed E-state index contributed by atoms with van der Waals surface area (Å²) < 4.78 is 5.46. The summed E-state index contributed by atoms with van der Waals surface area (Å²) in [6, 6.07) is 8.92. The second kappa shape index (κ2) is 9.52. The molecule has 0 aliphatic carbocycles. The second-order valence-electron chi connectivity index (χ2n) is 7.18. The Bertz CT molecular complexity index is 475. The van der Waals surface area contributed by atoms with Crippen molar-refractivity contribution < 1.29 is 9.84 Å². The number of hydrogen-bond acceptors (Lipinski definition) is 4. The molecule has 2 rings (SSSR count). The van der Waals surface area contributed by atoms with E-state index in [0.717, 1.165) is 45.0 Å². The Morgan fingerprint density at radius 2 is 1.83 bits per heavy atom. The van der Waals surface area contributed by atoms with Gasteiger partial charge in [-0.3, -0.25) is 9.80 Å². The first-order chi connectivity index (χ1) is 11.5. The van der Waals surface area contributed by atoms with E-state index in [1.54, 1.807) is 0 Å². The highest BCUT2D eigenvalue weighted by Crippen LogP contribution is 2.20. The Balaban J connectivity index is 1.81. The molecule has 1 fully saturated rings. The zero-order valence-electron chi connectivity index (χ0n) is 15.7.